The number of carbonyl (C=O) groups is 2. The first-order valence-electron chi connectivity index (χ1n) is 9.93. The van der Waals surface area contributed by atoms with Gasteiger partial charge in [-0.05, 0) is 48.5 Å². The summed E-state index contributed by atoms with van der Waals surface area (Å²) in [6.45, 7) is 0. The SMILES string of the molecule is COc1cccc(/C=N/NC(=O)c2ccc(C(=O)N/N=C/c3cccc(OC)c3O)cc2)c1O.O.O. The molecule has 0 atom stereocenters. The lowest BCUT2D eigenvalue weighted by atomic mass is 10.1. The fourth-order valence-corrected chi connectivity index (χ4v) is 2.84. The molecule has 0 radical (unpaired) electrons. The molecule has 0 unspecified atom stereocenters. The number of para-hydroxylation sites is 2. The van der Waals surface area contributed by atoms with E-state index in [-0.39, 0.29) is 45.1 Å². The van der Waals surface area contributed by atoms with E-state index in [1.807, 2.05) is 0 Å². The first-order chi connectivity index (χ1) is 16.4. The predicted molar refractivity (Wildman–Crippen MR) is 133 cm³/mol. The third-order valence-electron chi connectivity index (χ3n) is 4.65. The van der Waals surface area contributed by atoms with Crippen LogP contribution in [-0.4, -0.2) is 59.6 Å². The fraction of sp³-hybridized carbons (Fsp3) is 0.0833. The molecule has 0 bridgehead atoms. The van der Waals surface area contributed by atoms with Crippen molar-refractivity contribution in [3.05, 3.63) is 82.9 Å². The molecule has 0 saturated heterocycles. The second-order valence-corrected chi connectivity index (χ2v) is 6.77. The Morgan fingerprint density at radius 1 is 0.694 bits per heavy atom. The zero-order chi connectivity index (χ0) is 24.5. The lowest BCUT2D eigenvalue weighted by Gasteiger charge is -2.05. The standard InChI is InChI=1S/C24H22N4O6.2H2O/c1-33-19-7-3-5-17(21(19)29)13-25-27-23(31)15-9-11-16(12-10-15)24(32)28-26-14-18-6-4-8-20(34-2)22(18)30;;/h3-14,29-30H,1-2H3,(H,27,31)(H,28,32);2*1H2/b25-13+,26-14+;;. The minimum Gasteiger partial charge on any atom is -0.504 e. The maximum atomic E-state index is 12.3. The summed E-state index contributed by atoms with van der Waals surface area (Å²) >= 11 is 0. The number of benzene rings is 3. The molecule has 3 rings (SSSR count). The van der Waals surface area contributed by atoms with E-state index in [9.17, 15) is 19.8 Å². The highest BCUT2D eigenvalue weighted by Crippen LogP contribution is 2.28. The molecule has 2 amide bonds. The third kappa shape index (κ3) is 7.03. The van der Waals surface area contributed by atoms with Gasteiger partial charge in [-0.3, -0.25) is 9.59 Å². The van der Waals surface area contributed by atoms with Crippen molar-refractivity contribution in [3.63, 3.8) is 0 Å². The number of rotatable bonds is 8. The van der Waals surface area contributed by atoms with Gasteiger partial charge in [-0.2, -0.15) is 10.2 Å². The Kier molecular flexibility index (Phi) is 11.1. The van der Waals surface area contributed by atoms with Crippen molar-refractivity contribution in [1.82, 2.24) is 10.9 Å². The molecule has 3 aromatic rings. The van der Waals surface area contributed by atoms with Crippen LogP contribution < -0.4 is 20.3 Å². The molecule has 0 aliphatic carbocycles. The molecule has 12 heteroatoms. The van der Waals surface area contributed by atoms with E-state index in [2.05, 4.69) is 21.1 Å². The van der Waals surface area contributed by atoms with Crippen molar-refractivity contribution in [3.8, 4) is 23.0 Å². The minimum absolute atomic E-state index is 0. The van der Waals surface area contributed by atoms with Gasteiger partial charge in [-0.25, -0.2) is 10.9 Å². The first-order valence-corrected chi connectivity index (χ1v) is 9.93. The van der Waals surface area contributed by atoms with E-state index < -0.39 is 11.8 Å². The van der Waals surface area contributed by atoms with Crippen molar-refractivity contribution in [2.45, 2.75) is 0 Å². The van der Waals surface area contributed by atoms with Gasteiger partial charge in [0.05, 0.1) is 26.6 Å². The summed E-state index contributed by atoms with van der Waals surface area (Å²) in [4.78, 5) is 24.5. The van der Waals surface area contributed by atoms with Crippen LogP contribution in [-0.2, 0) is 0 Å². The van der Waals surface area contributed by atoms with Gasteiger partial charge in [-0.15, -0.1) is 0 Å². The Hall–Kier alpha value is -4.94. The zero-order valence-corrected chi connectivity index (χ0v) is 19.4. The van der Waals surface area contributed by atoms with Gasteiger partial charge in [0.1, 0.15) is 0 Å². The van der Waals surface area contributed by atoms with Gasteiger partial charge >= 0.3 is 0 Å². The molecule has 0 heterocycles. The molecular weight excluding hydrogens is 472 g/mol. The van der Waals surface area contributed by atoms with E-state index in [0.29, 0.717) is 11.1 Å². The minimum atomic E-state index is -0.503. The van der Waals surface area contributed by atoms with E-state index >= 15 is 0 Å². The Bertz CT molecular complexity index is 1150. The highest BCUT2D eigenvalue weighted by atomic mass is 16.5. The summed E-state index contributed by atoms with van der Waals surface area (Å²) in [5.74, 6) is -0.623. The van der Waals surface area contributed by atoms with Gasteiger partial charge in [0, 0.05) is 22.3 Å². The molecule has 0 aliphatic rings. The van der Waals surface area contributed by atoms with Crippen LogP contribution in [0, 0.1) is 0 Å². The number of carbonyl (C=O) groups excluding carboxylic acids is 2. The molecule has 8 N–H and O–H groups in total. The molecule has 0 fully saturated rings. The Balaban J connectivity index is 0.00000324. The largest absolute Gasteiger partial charge is 0.504 e. The number of nitrogens with one attached hydrogen (secondary N) is 2. The normalized spacial score (nSPS) is 10.3. The van der Waals surface area contributed by atoms with Crippen LogP contribution in [0.2, 0.25) is 0 Å². The summed E-state index contributed by atoms with van der Waals surface area (Å²) in [7, 11) is 2.86. The second-order valence-electron chi connectivity index (χ2n) is 6.77. The highest BCUT2D eigenvalue weighted by Gasteiger charge is 2.09. The van der Waals surface area contributed by atoms with Gasteiger partial charge in [0.2, 0.25) is 0 Å². The summed E-state index contributed by atoms with van der Waals surface area (Å²) < 4.78 is 10.0. The molecule has 36 heavy (non-hydrogen) atoms. The Morgan fingerprint density at radius 2 is 1.06 bits per heavy atom. The number of phenols is 2. The maximum Gasteiger partial charge on any atom is 0.271 e. The van der Waals surface area contributed by atoms with Gasteiger partial charge < -0.3 is 30.6 Å². The van der Waals surface area contributed by atoms with Crippen molar-refractivity contribution in [1.29, 1.82) is 0 Å². The second kappa shape index (κ2) is 13.7. The van der Waals surface area contributed by atoms with Crippen LogP contribution in [0.3, 0.4) is 0 Å². The summed E-state index contributed by atoms with van der Waals surface area (Å²) in [6.07, 6.45) is 2.57. The molecule has 0 saturated carbocycles. The van der Waals surface area contributed by atoms with Crippen LogP contribution in [0.4, 0.5) is 0 Å². The maximum absolute atomic E-state index is 12.3. The number of methoxy groups -OCH3 is 2. The lowest BCUT2D eigenvalue weighted by Crippen LogP contribution is -2.19. The van der Waals surface area contributed by atoms with Gasteiger partial charge in [0.15, 0.2) is 23.0 Å². The summed E-state index contributed by atoms with van der Waals surface area (Å²) in [5, 5.41) is 27.7. The van der Waals surface area contributed by atoms with Gasteiger partial charge in [0.25, 0.3) is 11.8 Å². The number of ether oxygens (including phenoxy) is 2. The van der Waals surface area contributed by atoms with E-state index in [1.54, 1.807) is 36.4 Å². The van der Waals surface area contributed by atoms with E-state index in [4.69, 9.17) is 9.47 Å². The molecule has 3 aromatic carbocycles. The van der Waals surface area contributed by atoms with Crippen molar-refractivity contribution in [2.24, 2.45) is 10.2 Å². The summed E-state index contributed by atoms with van der Waals surface area (Å²) in [5.41, 5.74) is 5.98. The third-order valence-corrected chi connectivity index (χ3v) is 4.65. The quantitative estimate of drug-likeness (QED) is 0.263. The highest BCUT2D eigenvalue weighted by molar-refractivity contribution is 5.98. The van der Waals surface area contributed by atoms with Crippen molar-refractivity contribution >= 4 is 24.2 Å². The molecule has 0 spiro atoms. The van der Waals surface area contributed by atoms with Crippen LogP contribution in [0.5, 0.6) is 23.0 Å². The lowest BCUT2D eigenvalue weighted by molar-refractivity contribution is 0.0943. The molecule has 12 nitrogen and oxygen atoms in total. The number of phenolic OH excluding ortho intramolecular Hbond substituents is 2. The average Bonchev–Trinajstić information content (AvgIpc) is 2.86. The number of aromatic hydroxyl groups is 2. The number of hydrogen-bond acceptors (Lipinski definition) is 8. The van der Waals surface area contributed by atoms with E-state index in [0.717, 1.165) is 0 Å². The number of hydrogen-bond donors (Lipinski definition) is 4. The van der Waals surface area contributed by atoms with Crippen molar-refractivity contribution in [2.75, 3.05) is 14.2 Å². The van der Waals surface area contributed by atoms with Crippen LogP contribution in [0.25, 0.3) is 0 Å². The molecule has 0 aromatic heterocycles. The molecule has 0 aliphatic heterocycles. The van der Waals surface area contributed by atoms with E-state index in [1.165, 1.54) is 50.9 Å². The monoisotopic (exact) mass is 498 g/mol. The summed E-state index contributed by atoms with van der Waals surface area (Å²) in [6, 6.07) is 15.6. The van der Waals surface area contributed by atoms with Crippen LogP contribution >= 0.6 is 0 Å². The predicted octanol–water partition coefficient (Wildman–Crippen LogP) is 0.993. The first kappa shape index (κ1) is 29.1. The van der Waals surface area contributed by atoms with Crippen LogP contribution in [0.15, 0.2) is 70.9 Å². The zero-order valence-electron chi connectivity index (χ0n) is 19.4. The van der Waals surface area contributed by atoms with Crippen LogP contribution in [0.1, 0.15) is 31.8 Å². The number of nitrogens with zero attached hydrogens (tertiary/aromatic N) is 2. The molecule has 190 valence electrons. The number of hydrazone groups is 2. The topological polar surface area (TPSA) is 205 Å². The smallest absolute Gasteiger partial charge is 0.271 e. The molecular formula is C24H26N4O8. The average molecular weight is 498 g/mol. The Morgan fingerprint density at radius 3 is 1.39 bits per heavy atom. The fourth-order valence-electron chi connectivity index (χ4n) is 2.84. The van der Waals surface area contributed by atoms with Gasteiger partial charge in [-0.1, -0.05) is 12.1 Å². The van der Waals surface area contributed by atoms with Crippen molar-refractivity contribution < 1.29 is 40.2 Å². The Labute approximate surface area is 206 Å². The number of amides is 2.